The number of nitrogens with one attached hydrogen (secondary N) is 2. The molecule has 1 fully saturated rings. The van der Waals surface area contributed by atoms with Crippen molar-refractivity contribution in [1.29, 1.82) is 0 Å². The van der Waals surface area contributed by atoms with E-state index >= 15 is 0 Å². The minimum Gasteiger partial charge on any atom is -0.369 e. The molecule has 1 aromatic heterocycles. The molecule has 1 atom stereocenters. The zero-order chi connectivity index (χ0) is 17.1. The van der Waals surface area contributed by atoms with E-state index < -0.39 is 0 Å². The summed E-state index contributed by atoms with van der Waals surface area (Å²) < 4.78 is 13.8. The lowest BCUT2D eigenvalue weighted by Crippen LogP contribution is -2.45. The number of hydrogen-bond acceptors (Lipinski definition) is 4. The normalized spacial score (nSPS) is 17.2. The Kier molecular flexibility index (Phi) is 5.16. The molecule has 24 heavy (non-hydrogen) atoms. The van der Waals surface area contributed by atoms with Gasteiger partial charge in [0.05, 0.1) is 6.20 Å². The predicted molar refractivity (Wildman–Crippen MR) is 94.7 cm³/mol. The molecule has 1 aliphatic heterocycles. The monoisotopic (exact) mass is 331 g/mol. The van der Waals surface area contributed by atoms with E-state index in [1.54, 1.807) is 12.1 Å². The lowest BCUT2D eigenvalue weighted by atomic mass is 10.0. The quantitative estimate of drug-likeness (QED) is 0.884. The van der Waals surface area contributed by atoms with E-state index in [1.807, 2.05) is 19.2 Å². The van der Waals surface area contributed by atoms with Crippen molar-refractivity contribution < 1.29 is 4.39 Å². The highest BCUT2D eigenvalue weighted by Gasteiger charge is 2.20. The van der Waals surface area contributed by atoms with Crippen LogP contribution < -0.4 is 10.2 Å². The van der Waals surface area contributed by atoms with Gasteiger partial charge in [0.25, 0.3) is 0 Å². The van der Waals surface area contributed by atoms with Gasteiger partial charge < -0.3 is 15.1 Å². The summed E-state index contributed by atoms with van der Waals surface area (Å²) in [6.45, 7) is 8.82. The number of halogens is 1. The first-order valence-corrected chi connectivity index (χ1v) is 8.50. The second-order valence-corrected chi connectivity index (χ2v) is 6.62. The van der Waals surface area contributed by atoms with Crippen LogP contribution in [0.4, 0.5) is 10.1 Å². The van der Waals surface area contributed by atoms with Gasteiger partial charge in [-0.05, 0) is 44.7 Å². The maximum absolute atomic E-state index is 13.8. The Morgan fingerprint density at radius 3 is 2.71 bits per heavy atom. The summed E-state index contributed by atoms with van der Waals surface area (Å²) in [5.74, 6) is -0.184. The SMILES string of the molecule is Cc1[nH]ncc1CN[C@H](C)c1cc(F)ccc1N1CCN(C)CC1. The first-order valence-electron chi connectivity index (χ1n) is 8.50. The van der Waals surface area contributed by atoms with Crippen molar-refractivity contribution >= 4 is 5.69 Å². The van der Waals surface area contributed by atoms with Crippen molar-refractivity contribution in [3.8, 4) is 0 Å². The van der Waals surface area contributed by atoms with E-state index in [-0.39, 0.29) is 11.9 Å². The molecular formula is C18H26FN5. The van der Waals surface area contributed by atoms with Crippen LogP contribution >= 0.6 is 0 Å². The van der Waals surface area contributed by atoms with Crippen molar-refractivity contribution in [1.82, 2.24) is 20.4 Å². The van der Waals surface area contributed by atoms with E-state index in [2.05, 4.69) is 39.3 Å². The number of aromatic nitrogens is 2. The van der Waals surface area contributed by atoms with Crippen LogP contribution in [-0.4, -0.2) is 48.3 Å². The second-order valence-electron chi connectivity index (χ2n) is 6.62. The molecule has 1 aliphatic rings. The molecule has 1 aromatic carbocycles. The van der Waals surface area contributed by atoms with Crippen LogP contribution in [0.25, 0.3) is 0 Å². The number of nitrogens with zero attached hydrogens (tertiary/aromatic N) is 3. The third-order valence-electron chi connectivity index (χ3n) is 4.83. The van der Waals surface area contributed by atoms with E-state index in [9.17, 15) is 4.39 Å². The highest BCUT2D eigenvalue weighted by molar-refractivity contribution is 5.55. The Balaban J connectivity index is 1.75. The molecule has 130 valence electrons. The Bertz CT molecular complexity index is 676. The van der Waals surface area contributed by atoms with Crippen molar-refractivity contribution in [2.45, 2.75) is 26.4 Å². The average Bonchev–Trinajstić information content (AvgIpc) is 2.98. The summed E-state index contributed by atoms with van der Waals surface area (Å²) in [5.41, 5.74) is 4.35. The summed E-state index contributed by atoms with van der Waals surface area (Å²) in [4.78, 5) is 4.68. The number of aromatic amines is 1. The molecule has 5 nitrogen and oxygen atoms in total. The lowest BCUT2D eigenvalue weighted by Gasteiger charge is -2.36. The standard InChI is InChI=1S/C18H26FN5/c1-13-15(12-21-22-13)11-20-14(2)17-10-16(19)4-5-18(17)24-8-6-23(3)7-9-24/h4-5,10,12,14,20H,6-9,11H2,1-3H3,(H,21,22)/t14-/m1/s1. The van der Waals surface area contributed by atoms with Gasteiger partial charge in [-0.15, -0.1) is 0 Å². The topological polar surface area (TPSA) is 47.2 Å². The maximum Gasteiger partial charge on any atom is 0.123 e. The fraction of sp³-hybridized carbons (Fsp3) is 0.500. The first kappa shape index (κ1) is 16.9. The third-order valence-corrected chi connectivity index (χ3v) is 4.83. The number of likely N-dealkylation sites (N-methyl/N-ethyl adjacent to an activating group) is 1. The Hall–Kier alpha value is -1.92. The summed E-state index contributed by atoms with van der Waals surface area (Å²) in [6.07, 6.45) is 1.84. The highest BCUT2D eigenvalue weighted by atomic mass is 19.1. The van der Waals surface area contributed by atoms with Crippen molar-refractivity contribution in [2.75, 3.05) is 38.1 Å². The molecule has 2 aromatic rings. The van der Waals surface area contributed by atoms with Gasteiger partial charge in [-0.2, -0.15) is 5.10 Å². The third kappa shape index (κ3) is 3.76. The van der Waals surface area contributed by atoms with Crippen LogP contribution in [0, 0.1) is 12.7 Å². The first-order chi connectivity index (χ1) is 11.5. The minimum absolute atomic E-state index is 0.0599. The fourth-order valence-electron chi connectivity index (χ4n) is 3.13. The van der Waals surface area contributed by atoms with Crippen molar-refractivity contribution in [2.24, 2.45) is 0 Å². The number of piperazine rings is 1. The fourth-order valence-corrected chi connectivity index (χ4v) is 3.13. The molecule has 0 radical (unpaired) electrons. The van der Waals surface area contributed by atoms with Crippen molar-refractivity contribution in [3.05, 3.63) is 47.0 Å². The van der Waals surface area contributed by atoms with Gasteiger partial charge in [0.2, 0.25) is 0 Å². The molecule has 1 saturated heterocycles. The number of aryl methyl sites for hydroxylation is 1. The van der Waals surface area contributed by atoms with Crippen molar-refractivity contribution in [3.63, 3.8) is 0 Å². The molecule has 2 heterocycles. The number of H-pyrrole nitrogens is 1. The van der Waals surface area contributed by atoms with Gasteiger partial charge in [0.1, 0.15) is 5.82 Å². The van der Waals surface area contributed by atoms with E-state index in [0.29, 0.717) is 6.54 Å². The van der Waals surface area contributed by atoms with Gasteiger partial charge in [-0.1, -0.05) is 0 Å². The molecule has 0 spiro atoms. The average molecular weight is 331 g/mol. The minimum atomic E-state index is -0.184. The molecule has 6 heteroatoms. The van der Waals surface area contributed by atoms with E-state index in [4.69, 9.17) is 0 Å². The Labute approximate surface area is 142 Å². The van der Waals surface area contributed by atoms with Gasteiger partial charge in [-0.3, -0.25) is 5.10 Å². The molecular weight excluding hydrogens is 305 g/mol. The van der Waals surface area contributed by atoms with Crippen LogP contribution in [0.5, 0.6) is 0 Å². The van der Waals surface area contributed by atoms with E-state index in [0.717, 1.165) is 48.7 Å². The Morgan fingerprint density at radius 1 is 1.29 bits per heavy atom. The van der Waals surface area contributed by atoms with Crippen LogP contribution in [-0.2, 0) is 6.54 Å². The highest BCUT2D eigenvalue weighted by Crippen LogP contribution is 2.28. The zero-order valence-electron chi connectivity index (χ0n) is 14.6. The van der Waals surface area contributed by atoms with Gasteiger partial charge in [-0.25, -0.2) is 4.39 Å². The lowest BCUT2D eigenvalue weighted by molar-refractivity contribution is 0.312. The van der Waals surface area contributed by atoms with Gasteiger partial charge in [0.15, 0.2) is 0 Å². The number of anilines is 1. The molecule has 0 bridgehead atoms. The summed E-state index contributed by atoms with van der Waals surface area (Å²) >= 11 is 0. The number of rotatable bonds is 5. The number of benzene rings is 1. The van der Waals surface area contributed by atoms with Crippen LogP contribution in [0.1, 0.15) is 29.8 Å². The summed E-state index contributed by atoms with van der Waals surface area (Å²) in [5, 5.41) is 10.5. The molecule has 0 unspecified atom stereocenters. The molecule has 2 N–H and O–H groups in total. The summed E-state index contributed by atoms with van der Waals surface area (Å²) in [7, 11) is 2.14. The largest absolute Gasteiger partial charge is 0.369 e. The zero-order valence-corrected chi connectivity index (χ0v) is 14.6. The smallest absolute Gasteiger partial charge is 0.123 e. The van der Waals surface area contributed by atoms with Crippen LogP contribution in [0.15, 0.2) is 24.4 Å². The number of hydrogen-bond donors (Lipinski definition) is 2. The van der Waals surface area contributed by atoms with E-state index in [1.165, 1.54) is 0 Å². The second kappa shape index (κ2) is 7.32. The van der Waals surface area contributed by atoms with Gasteiger partial charge in [0, 0.05) is 55.7 Å². The Morgan fingerprint density at radius 2 is 2.04 bits per heavy atom. The van der Waals surface area contributed by atoms with Crippen LogP contribution in [0.2, 0.25) is 0 Å². The predicted octanol–water partition coefficient (Wildman–Crippen LogP) is 2.46. The van der Waals surface area contributed by atoms with Crippen LogP contribution in [0.3, 0.4) is 0 Å². The maximum atomic E-state index is 13.8. The molecule has 0 saturated carbocycles. The summed E-state index contributed by atoms with van der Waals surface area (Å²) in [6, 6.07) is 5.19. The van der Waals surface area contributed by atoms with Gasteiger partial charge >= 0.3 is 0 Å². The molecule has 3 rings (SSSR count). The molecule has 0 amide bonds. The molecule has 0 aliphatic carbocycles.